The highest BCUT2D eigenvalue weighted by Gasteiger charge is 2.32. The summed E-state index contributed by atoms with van der Waals surface area (Å²) in [7, 11) is 1.76. The van der Waals surface area contributed by atoms with Crippen LogP contribution in [0.4, 0.5) is 0 Å². The first-order valence-corrected chi connectivity index (χ1v) is 15.4. The Morgan fingerprint density at radius 1 is 0.976 bits per heavy atom. The number of carbonyl (C=O) groups is 1. The van der Waals surface area contributed by atoms with Gasteiger partial charge in [-0.1, -0.05) is 42.3 Å². The normalized spacial score (nSPS) is 19.7. The molecule has 2 aromatic carbocycles. The third kappa shape index (κ3) is 6.19. The number of pyridine rings is 1. The molecule has 1 amide bonds. The number of amides is 1. The second-order valence-electron chi connectivity index (χ2n) is 11.3. The lowest BCUT2D eigenvalue weighted by molar-refractivity contribution is -0.140. The number of carbonyl (C=O) groups excluding carboxylic acids is 1. The highest BCUT2D eigenvalue weighted by Crippen LogP contribution is 2.31. The fourth-order valence-electron chi connectivity index (χ4n) is 6.37. The molecule has 6 rings (SSSR count). The van der Waals surface area contributed by atoms with Gasteiger partial charge in [-0.3, -0.25) is 9.69 Å². The average Bonchev–Trinajstić information content (AvgIpc) is 3.39. The van der Waals surface area contributed by atoms with E-state index in [0.717, 1.165) is 97.9 Å². The number of nitrogens with zero attached hydrogens (tertiary/aromatic N) is 4. The molecule has 2 fully saturated rings. The zero-order chi connectivity index (χ0) is 29.1. The van der Waals surface area contributed by atoms with Gasteiger partial charge in [-0.25, -0.2) is 4.98 Å². The summed E-state index contributed by atoms with van der Waals surface area (Å²) in [6.45, 7) is 6.51. The minimum Gasteiger partial charge on any atom is -0.494 e. The van der Waals surface area contributed by atoms with Crippen LogP contribution in [-0.2, 0) is 16.1 Å². The molecular weight excluding hydrogens is 548 g/mol. The smallest absolute Gasteiger partial charge is 0.225 e. The van der Waals surface area contributed by atoms with Crippen molar-refractivity contribution in [3.8, 4) is 28.1 Å². The molecule has 220 valence electrons. The predicted molar refractivity (Wildman–Crippen MR) is 167 cm³/mol. The molecule has 2 aliphatic rings. The van der Waals surface area contributed by atoms with Crippen molar-refractivity contribution in [2.75, 3.05) is 39.9 Å². The summed E-state index contributed by atoms with van der Waals surface area (Å²) in [6, 6.07) is 20.3. The van der Waals surface area contributed by atoms with Crippen LogP contribution in [0, 0.1) is 5.92 Å². The van der Waals surface area contributed by atoms with Crippen LogP contribution in [0.2, 0.25) is 5.02 Å². The van der Waals surface area contributed by atoms with Crippen LogP contribution in [-0.4, -0.2) is 71.1 Å². The molecule has 2 atom stereocenters. The Labute approximate surface area is 253 Å². The van der Waals surface area contributed by atoms with E-state index in [0.29, 0.717) is 17.5 Å². The van der Waals surface area contributed by atoms with Gasteiger partial charge in [0.2, 0.25) is 5.91 Å². The summed E-state index contributed by atoms with van der Waals surface area (Å²) in [5.74, 6) is 1.25. The second kappa shape index (κ2) is 12.9. The number of ether oxygens (including phenoxy) is 2. The lowest BCUT2D eigenvalue weighted by Crippen LogP contribution is -2.50. The molecule has 1 aliphatic carbocycles. The van der Waals surface area contributed by atoms with Gasteiger partial charge in [0.05, 0.1) is 24.1 Å². The molecule has 4 aromatic rings. The van der Waals surface area contributed by atoms with Crippen molar-refractivity contribution < 1.29 is 14.3 Å². The number of halogens is 1. The van der Waals surface area contributed by atoms with Crippen molar-refractivity contribution in [1.29, 1.82) is 0 Å². The Balaban J connectivity index is 1.26. The fourth-order valence-corrected chi connectivity index (χ4v) is 6.49. The van der Waals surface area contributed by atoms with Crippen molar-refractivity contribution in [3.63, 3.8) is 0 Å². The van der Waals surface area contributed by atoms with E-state index in [-0.39, 0.29) is 12.0 Å². The van der Waals surface area contributed by atoms with Crippen LogP contribution >= 0.6 is 11.6 Å². The van der Waals surface area contributed by atoms with Crippen molar-refractivity contribution in [3.05, 3.63) is 77.6 Å². The summed E-state index contributed by atoms with van der Waals surface area (Å²) < 4.78 is 13.6. The SMILES string of the molecule is CCOc1cccc(-c2ccc3nc(-c4ccc(Cl)cc4)c(CN4CCN(C(=O)[C@@H]5CCC[C@@H](OC)C5)CC4)n3c2)c1. The maximum Gasteiger partial charge on any atom is 0.225 e. The van der Waals surface area contributed by atoms with Gasteiger partial charge >= 0.3 is 0 Å². The Morgan fingerprint density at radius 2 is 1.76 bits per heavy atom. The quantitative estimate of drug-likeness (QED) is 0.234. The van der Waals surface area contributed by atoms with Crippen LogP contribution in [0.1, 0.15) is 38.3 Å². The zero-order valence-electron chi connectivity index (χ0n) is 24.5. The van der Waals surface area contributed by atoms with Crippen LogP contribution < -0.4 is 4.74 Å². The van der Waals surface area contributed by atoms with E-state index in [1.165, 1.54) is 0 Å². The molecule has 7 nitrogen and oxygen atoms in total. The number of hydrogen-bond donors (Lipinski definition) is 0. The summed E-state index contributed by atoms with van der Waals surface area (Å²) in [5.41, 5.74) is 6.22. The predicted octanol–water partition coefficient (Wildman–Crippen LogP) is 6.57. The summed E-state index contributed by atoms with van der Waals surface area (Å²) in [4.78, 5) is 22.9. The van der Waals surface area contributed by atoms with Crippen molar-refractivity contribution >= 4 is 23.2 Å². The van der Waals surface area contributed by atoms with E-state index in [1.54, 1.807) is 7.11 Å². The number of aromatic nitrogens is 2. The Hall–Kier alpha value is -3.39. The average molecular weight is 587 g/mol. The number of methoxy groups -OCH3 is 1. The number of piperazine rings is 1. The van der Waals surface area contributed by atoms with Gasteiger partial charge in [-0.2, -0.15) is 0 Å². The zero-order valence-corrected chi connectivity index (χ0v) is 25.2. The van der Waals surface area contributed by atoms with Crippen LogP contribution in [0.3, 0.4) is 0 Å². The van der Waals surface area contributed by atoms with E-state index in [2.05, 4.69) is 44.7 Å². The van der Waals surface area contributed by atoms with Gasteiger partial charge in [0, 0.05) is 62.5 Å². The molecule has 1 saturated carbocycles. The number of fused-ring (bicyclic) bond motifs is 1. The minimum absolute atomic E-state index is 0.0881. The van der Waals surface area contributed by atoms with E-state index < -0.39 is 0 Å². The molecule has 3 heterocycles. The lowest BCUT2D eigenvalue weighted by atomic mass is 9.86. The minimum atomic E-state index is 0.0881. The topological polar surface area (TPSA) is 59.3 Å². The molecule has 1 saturated heterocycles. The third-order valence-electron chi connectivity index (χ3n) is 8.68. The highest BCUT2D eigenvalue weighted by molar-refractivity contribution is 6.30. The molecule has 0 bridgehead atoms. The molecule has 0 radical (unpaired) electrons. The second-order valence-corrected chi connectivity index (χ2v) is 11.8. The summed E-state index contributed by atoms with van der Waals surface area (Å²) in [6.07, 6.45) is 6.33. The first-order chi connectivity index (χ1) is 20.5. The fraction of sp³-hybridized carbons (Fsp3) is 0.412. The summed E-state index contributed by atoms with van der Waals surface area (Å²) >= 11 is 6.23. The Bertz CT molecular complexity index is 1530. The van der Waals surface area contributed by atoms with E-state index in [1.807, 2.05) is 43.3 Å². The summed E-state index contributed by atoms with van der Waals surface area (Å²) in [5, 5.41) is 0.705. The highest BCUT2D eigenvalue weighted by atomic mass is 35.5. The Morgan fingerprint density at radius 3 is 2.52 bits per heavy atom. The molecule has 8 heteroatoms. The van der Waals surface area contributed by atoms with Crippen LogP contribution in [0.5, 0.6) is 5.75 Å². The van der Waals surface area contributed by atoms with Gasteiger partial charge in [-0.05, 0) is 73.7 Å². The number of imidazole rings is 1. The standard InChI is InChI=1S/C34H39ClN4O3/c1-3-42-30-9-4-6-25(20-30)27-12-15-32-36-33(24-10-13-28(35)14-11-24)31(39(32)22-27)23-37-16-18-38(19-17-37)34(40)26-7-5-8-29(21-26)41-2/h4,6,9-15,20,22,26,29H,3,5,7-8,16-19,21,23H2,1-2H3/t26-,29-/m1/s1. The van der Waals surface area contributed by atoms with E-state index >= 15 is 0 Å². The number of benzene rings is 2. The molecule has 1 aliphatic heterocycles. The van der Waals surface area contributed by atoms with Gasteiger partial charge in [0.1, 0.15) is 11.4 Å². The lowest BCUT2D eigenvalue weighted by Gasteiger charge is -2.38. The molecule has 2 aromatic heterocycles. The van der Waals surface area contributed by atoms with Gasteiger partial charge in [0.15, 0.2) is 0 Å². The van der Waals surface area contributed by atoms with Gasteiger partial charge in [0.25, 0.3) is 0 Å². The first-order valence-electron chi connectivity index (χ1n) is 15.1. The molecular formula is C34H39ClN4O3. The number of hydrogen-bond acceptors (Lipinski definition) is 5. The Kier molecular flexibility index (Phi) is 8.79. The van der Waals surface area contributed by atoms with Crippen LogP contribution in [0.15, 0.2) is 66.9 Å². The largest absolute Gasteiger partial charge is 0.494 e. The van der Waals surface area contributed by atoms with Gasteiger partial charge < -0.3 is 18.8 Å². The molecule has 0 spiro atoms. The van der Waals surface area contributed by atoms with Gasteiger partial charge in [-0.15, -0.1) is 0 Å². The molecule has 0 N–H and O–H groups in total. The maximum absolute atomic E-state index is 13.3. The third-order valence-corrected chi connectivity index (χ3v) is 8.93. The first kappa shape index (κ1) is 28.7. The van der Waals surface area contributed by atoms with E-state index in [4.69, 9.17) is 26.1 Å². The van der Waals surface area contributed by atoms with Crippen molar-refractivity contribution in [2.24, 2.45) is 5.92 Å². The number of rotatable bonds is 8. The van der Waals surface area contributed by atoms with Crippen LogP contribution in [0.25, 0.3) is 28.0 Å². The molecule has 0 unspecified atom stereocenters. The molecule has 42 heavy (non-hydrogen) atoms. The maximum atomic E-state index is 13.3. The van der Waals surface area contributed by atoms with Crippen molar-refractivity contribution in [1.82, 2.24) is 19.2 Å². The van der Waals surface area contributed by atoms with Crippen molar-refractivity contribution in [2.45, 2.75) is 45.3 Å². The van der Waals surface area contributed by atoms with E-state index in [9.17, 15) is 4.79 Å². The monoisotopic (exact) mass is 586 g/mol.